The van der Waals surface area contributed by atoms with Gasteiger partial charge >= 0.3 is 0 Å². The molecule has 21 heavy (non-hydrogen) atoms. The van der Waals surface area contributed by atoms with Crippen LogP contribution in [0.3, 0.4) is 0 Å². The van der Waals surface area contributed by atoms with Crippen molar-refractivity contribution < 1.29 is 8.78 Å². The number of nitrogens with one attached hydrogen (secondary N) is 1. The maximum absolute atomic E-state index is 13.8. The van der Waals surface area contributed by atoms with Crippen molar-refractivity contribution in [3.8, 4) is 0 Å². The summed E-state index contributed by atoms with van der Waals surface area (Å²) in [6.07, 6.45) is 0.999. The van der Waals surface area contributed by atoms with Crippen LogP contribution in [0.1, 0.15) is 22.5 Å². The van der Waals surface area contributed by atoms with E-state index in [1.54, 1.807) is 0 Å². The Morgan fingerprint density at radius 3 is 2.19 bits per heavy atom. The first-order valence-corrected chi connectivity index (χ1v) is 7.03. The minimum atomic E-state index is -0.491. The molecule has 0 aliphatic heterocycles. The molecular weight excluding hydrogens is 272 g/mol. The van der Waals surface area contributed by atoms with E-state index in [9.17, 15) is 8.78 Å². The van der Waals surface area contributed by atoms with E-state index in [1.807, 2.05) is 32.6 Å². The molecule has 0 bridgehead atoms. The lowest BCUT2D eigenvalue weighted by Crippen LogP contribution is -2.31. The molecule has 0 saturated heterocycles. The van der Waals surface area contributed by atoms with Crippen molar-refractivity contribution in [1.29, 1.82) is 0 Å². The maximum Gasteiger partial charge on any atom is 0.129 e. The number of aryl methyl sites for hydroxylation is 2. The highest BCUT2D eigenvalue weighted by atomic mass is 19.1. The summed E-state index contributed by atoms with van der Waals surface area (Å²) in [7, 11) is 3.71. The van der Waals surface area contributed by atoms with Gasteiger partial charge in [-0.2, -0.15) is 5.10 Å². The van der Waals surface area contributed by atoms with Crippen LogP contribution in [-0.4, -0.2) is 22.9 Å². The van der Waals surface area contributed by atoms with Gasteiger partial charge in [-0.05, 0) is 51.4 Å². The average molecular weight is 293 g/mol. The van der Waals surface area contributed by atoms with Gasteiger partial charge in [0.2, 0.25) is 0 Å². The van der Waals surface area contributed by atoms with Crippen LogP contribution in [0.5, 0.6) is 0 Å². The predicted octanol–water partition coefficient (Wildman–Crippen LogP) is 2.69. The number of rotatable bonds is 5. The van der Waals surface area contributed by atoms with Gasteiger partial charge in [-0.3, -0.25) is 4.68 Å². The monoisotopic (exact) mass is 293 g/mol. The lowest BCUT2D eigenvalue weighted by atomic mass is 9.97. The van der Waals surface area contributed by atoms with Gasteiger partial charge in [-0.1, -0.05) is 6.07 Å². The molecular formula is C16H21F2N3. The molecule has 0 aliphatic rings. The second kappa shape index (κ2) is 6.35. The minimum absolute atomic E-state index is 0.0435. The Balaban J connectivity index is 2.21. The van der Waals surface area contributed by atoms with Gasteiger partial charge in [-0.15, -0.1) is 0 Å². The van der Waals surface area contributed by atoms with Crippen LogP contribution in [0.15, 0.2) is 18.2 Å². The van der Waals surface area contributed by atoms with Crippen LogP contribution in [0.25, 0.3) is 0 Å². The van der Waals surface area contributed by atoms with Crippen molar-refractivity contribution in [2.75, 3.05) is 7.05 Å². The van der Waals surface area contributed by atoms with E-state index in [0.717, 1.165) is 17.0 Å². The lowest BCUT2D eigenvalue weighted by Gasteiger charge is -2.17. The molecule has 1 unspecified atom stereocenters. The highest BCUT2D eigenvalue weighted by molar-refractivity contribution is 5.27. The molecule has 3 nitrogen and oxygen atoms in total. The molecule has 2 aromatic rings. The molecule has 0 radical (unpaired) electrons. The molecule has 0 spiro atoms. The maximum atomic E-state index is 13.8. The molecule has 1 aromatic carbocycles. The smallest absolute Gasteiger partial charge is 0.129 e. The highest BCUT2D eigenvalue weighted by Crippen LogP contribution is 2.19. The number of aromatic nitrogens is 2. The van der Waals surface area contributed by atoms with Crippen LogP contribution >= 0.6 is 0 Å². The molecule has 0 saturated carbocycles. The van der Waals surface area contributed by atoms with E-state index < -0.39 is 11.6 Å². The molecule has 1 aromatic heterocycles. The number of hydrogen-bond acceptors (Lipinski definition) is 2. The summed E-state index contributed by atoms with van der Waals surface area (Å²) in [5, 5.41) is 7.53. The van der Waals surface area contributed by atoms with Crippen LogP contribution < -0.4 is 5.32 Å². The minimum Gasteiger partial charge on any atom is -0.316 e. The first kappa shape index (κ1) is 15.6. The number of benzene rings is 1. The molecule has 0 aliphatic carbocycles. The molecule has 1 N–H and O–H groups in total. The summed E-state index contributed by atoms with van der Waals surface area (Å²) in [4.78, 5) is 0. The topological polar surface area (TPSA) is 29.9 Å². The third-order valence-electron chi connectivity index (χ3n) is 4.03. The zero-order valence-corrected chi connectivity index (χ0v) is 12.9. The first-order chi connectivity index (χ1) is 9.93. The predicted molar refractivity (Wildman–Crippen MR) is 79.3 cm³/mol. The largest absolute Gasteiger partial charge is 0.316 e. The highest BCUT2D eigenvalue weighted by Gasteiger charge is 2.18. The van der Waals surface area contributed by atoms with Crippen molar-refractivity contribution in [2.45, 2.75) is 32.7 Å². The molecule has 0 amide bonds. The van der Waals surface area contributed by atoms with Gasteiger partial charge in [0.05, 0.1) is 5.69 Å². The van der Waals surface area contributed by atoms with Crippen molar-refractivity contribution in [3.63, 3.8) is 0 Å². The Morgan fingerprint density at radius 2 is 1.71 bits per heavy atom. The third-order valence-corrected chi connectivity index (χ3v) is 4.03. The zero-order valence-electron chi connectivity index (χ0n) is 12.9. The fourth-order valence-corrected chi connectivity index (χ4v) is 2.61. The number of halogens is 2. The molecule has 1 heterocycles. The van der Waals surface area contributed by atoms with E-state index in [1.165, 1.54) is 18.2 Å². The van der Waals surface area contributed by atoms with Crippen molar-refractivity contribution in [3.05, 3.63) is 52.3 Å². The molecule has 0 fully saturated rings. The van der Waals surface area contributed by atoms with Gasteiger partial charge in [0.25, 0.3) is 0 Å². The van der Waals surface area contributed by atoms with Gasteiger partial charge in [0.15, 0.2) is 0 Å². The number of hydrogen-bond donors (Lipinski definition) is 1. The Morgan fingerprint density at radius 1 is 1.14 bits per heavy atom. The van der Waals surface area contributed by atoms with Crippen molar-refractivity contribution in [2.24, 2.45) is 7.05 Å². The average Bonchev–Trinajstić information content (AvgIpc) is 2.67. The van der Waals surface area contributed by atoms with Crippen LogP contribution in [0.2, 0.25) is 0 Å². The molecule has 5 heteroatoms. The zero-order chi connectivity index (χ0) is 15.6. The van der Waals surface area contributed by atoms with Crippen LogP contribution in [-0.2, 0) is 19.9 Å². The number of likely N-dealkylation sites (N-methyl/N-ethyl adjacent to an activating group) is 1. The number of nitrogens with zero attached hydrogens (tertiary/aromatic N) is 2. The van der Waals surface area contributed by atoms with Gasteiger partial charge in [0.1, 0.15) is 11.6 Å². The van der Waals surface area contributed by atoms with E-state index in [-0.39, 0.29) is 11.6 Å². The van der Waals surface area contributed by atoms with Crippen molar-refractivity contribution in [1.82, 2.24) is 15.1 Å². The summed E-state index contributed by atoms with van der Waals surface area (Å²) in [6.45, 7) is 3.96. The summed E-state index contributed by atoms with van der Waals surface area (Å²) in [5.74, 6) is -0.982. The standard InChI is InChI=1S/C16H21F2N3/c1-10-13(11(2)21(4)20-10)8-12(19-3)9-14-15(17)6-5-7-16(14)18/h5-7,12,19H,8-9H2,1-4H3. The first-order valence-electron chi connectivity index (χ1n) is 7.03. The molecule has 2 rings (SSSR count). The lowest BCUT2D eigenvalue weighted by molar-refractivity contribution is 0.501. The summed E-state index contributed by atoms with van der Waals surface area (Å²) in [6, 6.07) is 3.94. The summed E-state index contributed by atoms with van der Waals surface area (Å²) in [5.41, 5.74) is 3.32. The van der Waals surface area contributed by atoms with Gasteiger partial charge in [-0.25, -0.2) is 8.78 Å². The normalized spacial score (nSPS) is 12.7. The Hall–Kier alpha value is -1.75. The Labute approximate surface area is 124 Å². The van der Waals surface area contributed by atoms with E-state index in [0.29, 0.717) is 12.8 Å². The second-order valence-corrected chi connectivity index (χ2v) is 5.37. The van der Waals surface area contributed by atoms with Crippen molar-refractivity contribution >= 4 is 0 Å². The summed E-state index contributed by atoms with van der Waals surface area (Å²) >= 11 is 0. The van der Waals surface area contributed by atoms with Crippen LogP contribution in [0, 0.1) is 25.5 Å². The Bertz CT molecular complexity index is 614. The fourth-order valence-electron chi connectivity index (χ4n) is 2.61. The molecule has 1 atom stereocenters. The molecule has 114 valence electrons. The van der Waals surface area contributed by atoms with E-state index in [4.69, 9.17) is 0 Å². The third kappa shape index (κ3) is 3.29. The quantitative estimate of drug-likeness (QED) is 0.918. The van der Waals surface area contributed by atoms with Crippen LogP contribution in [0.4, 0.5) is 8.78 Å². The second-order valence-electron chi connectivity index (χ2n) is 5.37. The van der Waals surface area contributed by atoms with E-state index in [2.05, 4.69) is 10.4 Å². The SMILES string of the molecule is CNC(Cc1c(F)cccc1F)Cc1c(C)nn(C)c1C. The van der Waals surface area contributed by atoms with E-state index >= 15 is 0 Å². The Kier molecular flexibility index (Phi) is 4.73. The fraction of sp³-hybridized carbons (Fsp3) is 0.438. The van der Waals surface area contributed by atoms with Gasteiger partial charge in [0, 0.05) is 24.3 Å². The summed E-state index contributed by atoms with van der Waals surface area (Å²) < 4.78 is 29.4. The van der Waals surface area contributed by atoms with Gasteiger partial charge < -0.3 is 5.32 Å².